The normalized spacial score (nSPS) is 13.5. The third kappa shape index (κ3) is 7.21. The fraction of sp³-hybridized carbons (Fsp3) is 0.205. The molecule has 1 fully saturated rings. The highest BCUT2D eigenvalue weighted by molar-refractivity contribution is 6.35. The number of ether oxygens (including phenoxy) is 1. The van der Waals surface area contributed by atoms with E-state index in [2.05, 4.69) is 15.2 Å². The third-order valence-corrected chi connectivity index (χ3v) is 10.1. The fourth-order valence-corrected chi connectivity index (χ4v) is 7.33. The molecular weight excluding hydrogens is 707 g/mol. The monoisotopic (exact) mass is 740 g/mol. The average molecular weight is 742 g/mol. The maximum Gasteiger partial charge on any atom is 0.337 e. The summed E-state index contributed by atoms with van der Waals surface area (Å²) in [7, 11) is 1.33. The molecule has 1 aliphatic heterocycles. The van der Waals surface area contributed by atoms with Gasteiger partial charge in [-0.25, -0.2) is 9.78 Å². The fourth-order valence-electron chi connectivity index (χ4n) is 6.65. The van der Waals surface area contributed by atoms with Crippen LogP contribution in [0.4, 0.5) is 11.4 Å². The van der Waals surface area contributed by atoms with Gasteiger partial charge in [0, 0.05) is 62.8 Å². The molecule has 4 N–H and O–H groups in total. The van der Waals surface area contributed by atoms with E-state index in [4.69, 9.17) is 50.3 Å². The van der Waals surface area contributed by atoms with Crippen molar-refractivity contribution in [2.75, 3.05) is 30.4 Å². The summed E-state index contributed by atoms with van der Waals surface area (Å²) in [4.78, 5) is 37.7. The van der Waals surface area contributed by atoms with Crippen molar-refractivity contribution in [3.63, 3.8) is 0 Å². The molecule has 1 amide bonds. The Morgan fingerprint density at radius 2 is 1.71 bits per heavy atom. The van der Waals surface area contributed by atoms with E-state index >= 15 is 0 Å². The maximum absolute atomic E-state index is 14.6. The van der Waals surface area contributed by atoms with Crippen molar-refractivity contribution < 1.29 is 14.3 Å². The third-order valence-electron chi connectivity index (χ3n) is 9.29. The highest BCUT2D eigenvalue weighted by Gasteiger charge is 2.28. The molecule has 1 saturated heterocycles. The van der Waals surface area contributed by atoms with E-state index in [0.29, 0.717) is 61.8 Å². The number of aromatic nitrogens is 3. The number of hydrogen-bond donors (Lipinski definition) is 3. The smallest absolute Gasteiger partial charge is 0.337 e. The first kappa shape index (κ1) is 34.6. The molecule has 2 aromatic heterocycles. The number of nitrogens with zero attached hydrogens (tertiary/aromatic N) is 3. The molecule has 6 aromatic rings. The van der Waals surface area contributed by atoms with E-state index in [0.717, 1.165) is 53.8 Å². The lowest BCUT2D eigenvalue weighted by Gasteiger charge is -2.33. The summed E-state index contributed by atoms with van der Waals surface area (Å²) in [5, 5.41) is 5.60. The number of aromatic amines is 1. The van der Waals surface area contributed by atoms with Gasteiger partial charge in [-0.2, -0.15) is 0 Å². The molecular formula is C39H35Cl3N6O3. The van der Waals surface area contributed by atoms with Crippen LogP contribution in [-0.4, -0.2) is 52.7 Å². The molecule has 0 saturated carbocycles. The van der Waals surface area contributed by atoms with Gasteiger partial charge in [0.15, 0.2) is 0 Å². The lowest BCUT2D eigenvalue weighted by Crippen LogP contribution is -2.40. The van der Waals surface area contributed by atoms with Gasteiger partial charge < -0.3 is 30.2 Å². The molecule has 0 atom stereocenters. The van der Waals surface area contributed by atoms with Gasteiger partial charge in [-0.15, -0.1) is 0 Å². The van der Waals surface area contributed by atoms with Gasteiger partial charge in [0.1, 0.15) is 5.69 Å². The number of carbonyl (C=O) groups is 2. The van der Waals surface area contributed by atoms with Gasteiger partial charge in [0.2, 0.25) is 0 Å². The first-order valence-electron chi connectivity index (χ1n) is 16.6. The van der Waals surface area contributed by atoms with Crippen molar-refractivity contribution in [1.29, 1.82) is 0 Å². The molecule has 0 aliphatic carbocycles. The number of nitrogens with one attached hydrogen (secondary N) is 2. The van der Waals surface area contributed by atoms with Gasteiger partial charge in [0.25, 0.3) is 5.91 Å². The Morgan fingerprint density at radius 3 is 2.45 bits per heavy atom. The Balaban J connectivity index is 1.36. The van der Waals surface area contributed by atoms with Crippen molar-refractivity contribution in [2.24, 2.45) is 5.73 Å². The minimum absolute atomic E-state index is 0.119. The summed E-state index contributed by atoms with van der Waals surface area (Å²) < 4.78 is 7.05. The number of hydrogen-bond acceptors (Lipinski definition) is 6. The number of anilines is 2. The topological polar surface area (TPSA) is 118 Å². The standard InChI is InChI=1S/C39H35Cl3N6O3/c1-51-39(50)25-8-12-33(47-17-14-28(43)15-18-47)32(19-25)46-38(49)36-34(29-11-10-27(41)21-31(29)45-36)37-35(24-5-3-2-4-6-24)44-22-48(37)16-13-23-7-9-26(40)20-30(23)42/h2-12,19-22,28,45H,13-18,43H2,1H3,(H,46,49). The summed E-state index contributed by atoms with van der Waals surface area (Å²) in [5.41, 5.74) is 12.7. The van der Waals surface area contributed by atoms with Crippen LogP contribution in [0.1, 0.15) is 39.3 Å². The van der Waals surface area contributed by atoms with Crippen molar-refractivity contribution >= 4 is 69.0 Å². The SMILES string of the molecule is COC(=O)c1ccc(N2CCC(N)CC2)c(NC(=O)c2[nH]c3cc(Cl)ccc3c2-c2c(-c3ccccc3)ncn2CCc2ccc(Cl)cc2Cl)c1. The zero-order valence-corrected chi connectivity index (χ0v) is 30.0. The number of esters is 1. The Bertz CT molecular complexity index is 2240. The van der Waals surface area contributed by atoms with Crippen LogP contribution >= 0.6 is 34.8 Å². The van der Waals surface area contributed by atoms with Gasteiger partial charge in [-0.1, -0.05) is 77.3 Å². The van der Waals surface area contributed by atoms with Gasteiger partial charge in [-0.3, -0.25) is 4.79 Å². The van der Waals surface area contributed by atoms with Crippen LogP contribution < -0.4 is 16.0 Å². The molecule has 9 nitrogen and oxygen atoms in total. The number of piperidine rings is 1. The summed E-state index contributed by atoms with van der Waals surface area (Å²) in [6.45, 7) is 1.95. The van der Waals surface area contributed by atoms with Crippen LogP contribution in [0, 0.1) is 0 Å². The Labute approximate surface area is 310 Å². The predicted octanol–water partition coefficient (Wildman–Crippen LogP) is 8.87. The Hall–Kier alpha value is -4.80. The van der Waals surface area contributed by atoms with E-state index in [-0.39, 0.29) is 6.04 Å². The molecule has 0 bridgehead atoms. The largest absolute Gasteiger partial charge is 0.465 e. The Morgan fingerprint density at radius 1 is 0.961 bits per heavy atom. The summed E-state index contributed by atoms with van der Waals surface area (Å²) >= 11 is 19.2. The van der Waals surface area contributed by atoms with Crippen LogP contribution in [0.25, 0.3) is 33.4 Å². The molecule has 0 spiro atoms. The molecule has 12 heteroatoms. The summed E-state index contributed by atoms with van der Waals surface area (Å²) in [6.07, 6.45) is 4.00. The lowest BCUT2D eigenvalue weighted by atomic mass is 10.0. The number of halogens is 3. The molecule has 0 unspecified atom stereocenters. The lowest BCUT2D eigenvalue weighted by molar-refractivity contribution is 0.0600. The second-order valence-electron chi connectivity index (χ2n) is 12.6. The number of fused-ring (bicyclic) bond motifs is 1. The first-order valence-corrected chi connectivity index (χ1v) is 17.7. The Kier molecular flexibility index (Phi) is 10.1. The van der Waals surface area contributed by atoms with Gasteiger partial charge in [0.05, 0.1) is 41.8 Å². The zero-order chi connectivity index (χ0) is 35.6. The zero-order valence-electron chi connectivity index (χ0n) is 27.8. The van der Waals surface area contributed by atoms with Crippen LogP contribution in [0.2, 0.25) is 15.1 Å². The molecule has 1 aliphatic rings. The van der Waals surface area contributed by atoms with Crippen LogP contribution in [0.5, 0.6) is 0 Å². The molecule has 51 heavy (non-hydrogen) atoms. The second kappa shape index (κ2) is 14.8. The molecule has 7 rings (SSSR count). The van der Waals surface area contributed by atoms with E-state index in [1.165, 1.54) is 7.11 Å². The highest BCUT2D eigenvalue weighted by Crippen LogP contribution is 2.40. The maximum atomic E-state index is 14.6. The van der Waals surface area contributed by atoms with Crippen LogP contribution in [-0.2, 0) is 17.7 Å². The number of H-pyrrole nitrogens is 1. The minimum Gasteiger partial charge on any atom is -0.465 e. The van der Waals surface area contributed by atoms with Crippen molar-refractivity contribution in [1.82, 2.24) is 14.5 Å². The number of methoxy groups -OCH3 is 1. The number of amides is 1. The second-order valence-corrected chi connectivity index (χ2v) is 13.8. The number of benzene rings is 4. The summed E-state index contributed by atoms with van der Waals surface area (Å²) in [6, 6.07) is 26.2. The number of nitrogens with two attached hydrogens (primary N) is 1. The van der Waals surface area contributed by atoms with E-state index < -0.39 is 11.9 Å². The highest BCUT2D eigenvalue weighted by atomic mass is 35.5. The minimum atomic E-state index is -0.504. The van der Waals surface area contributed by atoms with Crippen molar-refractivity contribution in [2.45, 2.75) is 31.8 Å². The molecule has 260 valence electrons. The van der Waals surface area contributed by atoms with Crippen molar-refractivity contribution in [3.8, 4) is 22.5 Å². The quantitative estimate of drug-likeness (QED) is 0.128. The van der Waals surface area contributed by atoms with Crippen LogP contribution in [0.15, 0.2) is 91.3 Å². The first-order chi connectivity index (χ1) is 24.7. The van der Waals surface area contributed by atoms with Crippen LogP contribution in [0.3, 0.4) is 0 Å². The van der Waals surface area contributed by atoms with E-state index in [1.54, 1.807) is 36.7 Å². The number of carbonyl (C=O) groups excluding carboxylic acids is 2. The number of imidazole rings is 1. The molecule has 4 aromatic carbocycles. The van der Waals surface area contributed by atoms with Crippen molar-refractivity contribution in [3.05, 3.63) is 123 Å². The summed E-state index contributed by atoms with van der Waals surface area (Å²) in [5.74, 6) is -0.905. The van der Waals surface area contributed by atoms with Gasteiger partial charge >= 0.3 is 5.97 Å². The number of aryl methyl sites for hydroxylation is 2. The number of rotatable bonds is 9. The molecule has 3 heterocycles. The van der Waals surface area contributed by atoms with Gasteiger partial charge in [-0.05, 0) is 67.3 Å². The van der Waals surface area contributed by atoms with E-state index in [9.17, 15) is 9.59 Å². The average Bonchev–Trinajstić information content (AvgIpc) is 3.72. The molecule has 0 radical (unpaired) electrons. The predicted molar refractivity (Wildman–Crippen MR) is 205 cm³/mol. The van der Waals surface area contributed by atoms with E-state index in [1.807, 2.05) is 59.2 Å².